The van der Waals surface area contributed by atoms with Crippen LogP contribution in [-0.2, 0) is 6.54 Å². The molecule has 0 aromatic carbocycles. The summed E-state index contributed by atoms with van der Waals surface area (Å²) in [5.74, 6) is 1.52. The summed E-state index contributed by atoms with van der Waals surface area (Å²) in [5.41, 5.74) is 1.21. The van der Waals surface area contributed by atoms with Gasteiger partial charge < -0.3 is 10.1 Å². The molecule has 110 valence electrons. The molecule has 1 N–H and O–H groups in total. The van der Waals surface area contributed by atoms with Crippen LogP contribution in [0.15, 0.2) is 6.20 Å². The van der Waals surface area contributed by atoms with E-state index >= 15 is 0 Å². The highest BCUT2D eigenvalue weighted by Gasteiger charge is 2.26. The van der Waals surface area contributed by atoms with Gasteiger partial charge in [-0.25, -0.2) is 0 Å². The van der Waals surface area contributed by atoms with Crippen molar-refractivity contribution < 1.29 is 4.74 Å². The van der Waals surface area contributed by atoms with Crippen LogP contribution in [0.5, 0.6) is 5.75 Å². The van der Waals surface area contributed by atoms with E-state index in [9.17, 15) is 0 Å². The predicted octanol–water partition coefficient (Wildman–Crippen LogP) is 3.39. The lowest BCUT2D eigenvalue weighted by Crippen LogP contribution is -2.30. The molecule has 0 radical (unpaired) electrons. The van der Waals surface area contributed by atoms with Crippen molar-refractivity contribution in [3.63, 3.8) is 0 Å². The second kappa shape index (κ2) is 8.20. The Morgan fingerprint density at radius 3 is 2.42 bits per heavy atom. The molecule has 1 unspecified atom stereocenters. The highest BCUT2D eigenvalue weighted by Crippen LogP contribution is 2.33. The fourth-order valence-corrected chi connectivity index (χ4v) is 2.71. The lowest BCUT2D eigenvalue weighted by molar-refractivity contribution is 0.311. The first kappa shape index (κ1) is 16.0. The lowest BCUT2D eigenvalue weighted by atomic mass is 9.91. The smallest absolute Gasteiger partial charge is 0.161 e. The number of ether oxygens (including phenoxy) is 1. The van der Waals surface area contributed by atoms with E-state index in [0.29, 0.717) is 12.0 Å². The second-order valence-electron chi connectivity index (χ2n) is 4.93. The van der Waals surface area contributed by atoms with E-state index in [0.717, 1.165) is 38.1 Å². The molecular weight excluding hydrogens is 238 g/mol. The van der Waals surface area contributed by atoms with Gasteiger partial charge in [-0.1, -0.05) is 40.5 Å². The van der Waals surface area contributed by atoms with Gasteiger partial charge in [-0.15, -0.1) is 0 Å². The maximum atomic E-state index is 5.52. The Morgan fingerprint density at radius 1 is 1.26 bits per heavy atom. The van der Waals surface area contributed by atoms with Gasteiger partial charge in [0.15, 0.2) is 5.75 Å². The Balaban J connectivity index is 3.14. The molecule has 1 heterocycles. The van der Waals surface area contributed by atoms with Gasteiger partial charge in [-0.2, -0.15) is 5.10 Å². The van der Waals surface area contributed by atoms with Gasteiger partial charge in [0.05, 0.1) is 25.0 Å². The summed E-state index contributed by atoms with van der Waals surface area (Å²) in [6.45, 7) is 10.7. The highest BCUT2D eigenvalue weighted by atomic mass is 16.5. The number of hydrogen-bond acceptors (Lipinski definition) is 3. The number of aryl methyl sites for hydroxylation is 1. The molecule has 4 nitrogen and oxygen atoms in total. The fourth-order valence-electron chi connectivity index (χ4n) is 2.71. The number of aromatic nitrogens is 2. The molecule has 0 spiro atoms. The maximum Gasteiger partial charge on any atom is 0.161 e. The molecule has 1 aromatic heterocycles. The van der Waals surface area contributed by atoms with Crippen LogP contribution in [0.1, 0.15) is 58.7 Å². The SMILES string of the molecule is CCCn1ncc(OC)c1C(NCC)C(CC)CC. The van der Waals surface area contributed by atoms with Gasteiger partial charge in [0.2, 0.25) is 0 Å². The highest BCUT2D eigenvalue weighted by molar-refractivity contribution is 5.29. The van der Waals surface area contributed by atoms with Gasteiger partial charge >= 0.3 is 0 Å². The van der Waals surface area contributed by atoms with Gasteiger partial charge in [0, 0.05) is 6.54 Å². The summed E-state index contributed by atoms with van der Waals surface area (Å²) in [7, 11) is 1.73. The van der Waals surface area contributed by atoms with E-state index < -0.39 is 0 Å². The van der Waals surface area contributed by atoms with E-state index in [1.165, 1.54) is 5.69 Å². The van der Waals surface area contributed by atoms with Gasteiger partial charge in [0.1, 0.15) is 0 Å². The van der Waals surface area contributed by atoms with E-state index in [2.05, 4.69) is 42.8 Å². The summed E-state index contributed by atoms with van der Waals surface area (Å²) in [5, 5.41) is 8.10. The molecule has 0 aliphatic heterocycles. The van der Waals surface area contributed by atoms with Crippen LogP contribution in [0.25, 0.3) is 0 Å². The minimum absolute atomic E-state index is 0.323. The molecule has 0 saturated heterocycles. The predicted molar refractivity (Wildman–Crippen MR) is 79.6 cm³/mol. The summed E-state index contributed by atoms with van der Waals surface area (Å²) >= 11 is 0. The van der Waals surface area contributed by atoms with Crippen LogP contribution in [-0.4, -0.2) is 23.4 Å². The summed E-state index contributed by atoms with van der Waals surface area (Å²) in [4.78, 5) is 0. The molecule has 0 amide bonds. The zero-order valence-electron chi connectivity index (χ0n) is 13.1. The minimum atomic E-state index is 0.323. The fraction of sp³-hybridized carbons (Fsp3) is 0.800. The van der Waals surface area contributed by atoms with Gasteiger partial charge in [-0.3, -0.25) is 4.68 Å². The first-order chi connectivity index (χ1) is 9.23. The van der Waals surface area contributed by atoms with Crippen molar-refractivity contribution in [1.29, 1.82) is 0 Å². The molecule has 0 saturated carbocycles. The zero-order chi connectivity index (χ0) is 14.3. The number of methoxy groups -OCH3 is 1. The molecule has 4 heteroatoms. The van der Waals surface area contributed by atoms with Crippen molar-refractivity contribution in [2.45, 2.75) is 59.5 Å². The van der Waals surface area contributed by atoms with E-state index in [-0.39, 0.29) is 0 Å². The number of nitrogens with zero attached hydrogens (tertiary/aromatic N) is 2. The second-order valence-corrected chi connectivity index (χ2v) is 4.93. The topological polar surface area (TPSA) is 39.1 Å². The third kappa shape index (κ3) is 3.72. The zero-order valence-corrected chi connectivity index (χ0v) is 13.1. The molecule has 19 heavy (non-hydrogen) atoms. The Morgan fingerprint density at radius 2 is 1.95 bits per heavy atom. The monoisotopic (exact) mass is 267 g/mol. The van der Waals surface area contributed by atoms with E-state index in [4.69, 9.17) is 4.74 Å². The Kier molecular flexibility index (Phi) is 6.92. The van der Waals surface area contributed by atoms with Crippen molar-refractivity contribution in [2.75, 3.05) is 13.7 Å². The molecular formula is C15H29N3O. The quantitative estimate of drug-likeness (QED) is 0.745. The summed E-state index contributed by atoms with van der Waals surface area (Å²) in [6, 6.07) is 0.323. The molecule has 0 fully saturated rings. The number of hydrogen-bond donors (Lipinski definition) is 1. The van der Waals surface area contributed by atoms with Crippen LogP contribution in [0.3, 0.4) is 0 Å². The maximum absolute atomic E-state index is 5.52. The van der Waals surface area contributed by atoms with Crippen molar-refractivity contribution >= 4 is 0 Å². The lowest BCUT2D eigenvalue weighted by Gasteiger charge is -2.27. The largest absolute Gasteiger partial charge is 0.493 e. The molecule has 0 aliphatic carbocycles. The number of rotatable bonds is 9. The van der Waals surface area contributed by atoms with Crippen LogP contribution < -0.4 is 10.1 Å². The van der Waals surface area contributed by atoms with Crippen molar-refractivity contribution in [3.8, 4) is 5.75 Å². The van der Waals surface area contributed by atoms with Crippen LogP contribution in [0, 0.1) is 5.92 Å². The number of nitrogens with one attached hydrogen (secondary N) is 1. The van der Waals surface area contributed by atoms with Crippen LogP contribution >= 0.6 is 0 Å². The van der Waals surface area contributed by atoms with Crippen molar-refractivity contribution in [2.24, 2.45) is 5.92 Å². The Labute approximate surface area is 117 Å². The van der Waals surface area contributed by atoms with Crippen LogP contribution in [0.2, 0.25) is 0 Å². The van der Waals surface area contributed by atoms with Crippen LogP contribution in [0.4, 0.5) is 0 Å². The average Bonchev–Trinajstić information content (AvgIpc) is 2.82. The van der Waals surface area contributed by atoms with Gasteiger partial charge in [0.25, 0.3) is 0 Å². The van der Waals surface area contributed by atoms with Crippen molar-refractivity contribution in [1.82, 2.24) is 15.1 Å². The minimum Gasteiger partial charge on any atom is -0.493 e. The summed E-state index contributed by atoms with van der Waals surface area (Å²) in [6.07, 6.45) is 5.25. The third-order valence-corrected chi connectivity index (χ3v) is 3.74. The average molecular weight is 267 g/mol. The first-order valence-corrected chi connectivity index (χ1v) is 7.56. The molecule has 0 aliphatic rings. The normalized spacial score (nSPS) is 12.9. The molecule has 1 rings (SSSR count). The standard InChI is InChI=1S/C15H29N3O/c1-6-10-18-15(13(19-5)11-17-18)14(16-9-4)12(7-2)8-3/h11-12,14,16H,6-10H2,1-5H3. The first-order valence-electron chi connectivity index (χ1n) is 7.56. The third-order valence-electron chi connectivity index (χ3n) is 3.74. The molecule has 1 atom stereocenters. The van der Waals surface area contributed by atoms with Crippen molar-refractivity contribution in [3.05, 3.63) is 11.9 Å². The molecule has 1 aromatic rings. The Hall–Kier alpha value is -1.03. The molecule has 0 bridgehead atoms. The summed E-state index contributed by atoms with van der Waals surface area (Å²) < 4.78 is 7.62. The van der Waals surface area contributed by atoms with Gasteiger partial charge in [-0.05, 0) is 18.9 Å². The Bertz CT molecular complexity index is 358. The van der Waals surface area contributed by atoms with E-state index in [1.54, 1.807) is 7.11 Å². The van der Waals surface area contributed by atoms with E-state index in [1.807, 2.05) is 6.20 Å².